The quantitative estimate of drug-likeness (QED) is 0.650. The van der Waals surface area contributed by atoms with Crippen LogP contribution in [0.3, 0.4) is 0 Å². The minimum atomic E-state index is -0.633. The van der Waals surface area contributed by atoms with E-state index in [4.69, 9.17) is 22.1 Å². The molecule has 0 heterocycles. The number of aryl methyl sites for hydroxylation is 1. The van der Waals surface area contributed by atoms with Crippen molar-refractivity contribution in [3.8, 4) is 0 Å². The van der Waals surface area contributed by atoms with Crippen molar-refractivity contribution in [1.82, 2.24) is 0 Å². The average Bonchev–Trinajstić information content (AvgIpc) is 2.55. The normalized spacial score (nSPS) is 10.2. The second-order valence-electron chi connectivity index (χ2n) is 4.91. The fourth-order valence-corrected chi connectivity index (χ4v) is 2.07. The van der Waals surface area contributed by atoms with Gasteiger partial charge >= 0.3 is 5.97 Å². The molecule has 0 saturated carbocycles. The molecule has 0 saturated heterocycles. The molecule has 0 aliphatic carbocycles. The van der Waals surface area contributed by atoms with Gasteiger partial charge in [0.05, 0.1) is 16.3 Å². The number of nitrogen functional groups attached to an aromatic ring is 1. The summed E-state index contributed by atoms with van der Waals surface area (Å²) in [5.74, 6) is -1.04. The van der Waals surface area contributed by atoms with Crippen molar-refractivity contribution in [2.75, 3.05) is 17.7 Å². The van der Waals surface area contributed by atoms with Gasteiger partial charge in [-0.05, 0) is 42.3 Å². The summed E-state index contributed by atoms with van der Waals surface area (Å²) >= 11 is 5.79. The number of hydrogen-bond acceptors (Lipinski definition) is 4. The van der Waals surface area contributed by atoms with Gasteiger partial charge in [-0.25, -0.2) is 4.79 Å². The van der Waals surface area contributed by atoms with Gasteiger partial charge in [-0.1, -0.05) is 30.7 Å². The molecule has 2 rings (SSSR count). The van der Waals surface area contributed by atoms with Crippen LogP contribution in [0.15, 0.2) is 42.5 Å². The first-order chi connectivity index (χ1) is 11.0. The van der Waals surface area contributed by atoms with Crippen LogP contribution in [-0.2, 0) is 16.0 Å². The summed E-state index contributed by atoms with van der Waals surface area (Å²) in [4.78, 5) is 23.7. The lowest BCUT2D eigenvalue weighted by molar-refractivity contribution is -0.119. The summed E-state index contributed by atoms with van der Waals surface area (Å²) in [6.07, 6.45) is 0.872. The van der Waals surface area contributed by atoms with Gasteiger partial charge < -0.3 is 15.8 Å². The molecule has 0 bridgehead atoms. The van der Waals surface area contributed by atoms with Gasteiger partial charge in [0.25, 0.3) is 5.91 Å². The molecule has 0 spiro atoms. The maximum atomic E-state index is 11.9. The summed E-state index contributed by atoms with van der Waals surface area (Å²) in [7, 11) is 0. The first-order valence-electron chi connectivity index (χ1n) is 7.10. The van der Waals surface area contributed by atoms with Gasteiger partial charge in [0.1, 0.15) is 0 Å². The lowest BCUT2D eigenvalue weighted by atomic mass is 10.1. The minimum absolute atomic E-state index is 0.243. The van der Waals surface area contributed by atoms with E-state index in [1.54, 1.807) is 6.07 Å². The largest absolute Gasteiger partial charge is 0.452 e. The predicted octanol–water partition coefficient (Wildman–Crippen LogP) is 3.28. The van der Waals surface area contributed by atoms with Gasteiger partial charge in [-0.15, -0.1) is 0 Å². The zero-order valence-corrected chi connectivity index (χ0v) is 13.4. The highest BCUT2D eigenvalue weighted by atomic mass is 35.5. The van der Waals surface area contributed by atoms with E-state index in [0.29, 0.717) is 10.7 Å². The number of ether oxygens (including phenoxy) is 1. The molecule has 0 radical (unpaired) electrons. The molecule has 0 aromatic heterocycles. The van der Waals surface area contributed by atoms with Crippen LogP contribution < -0.4 is 11.1 Å². The highest BCUT2D eigenvalue weighted by molar-refractivity contribution is 6.33. The molecule has 0 atom stereocenters. The third-order valence-corrected chi connectivity index (χ3v) is 3.53. The zero-order valence-electron chi connectivity index (χ0n) is 12.6. The van der Waals surface area contributed by atoms with E-state index in [0.717, 1.165) is 12.0 Å². The molecule has 1 amide bonds. The Kier molecular flexibility index (Phi) is 5.60. The Morgan fingerprint density at radius 3 is 2.70 bits per heavy atom. The van der Waals surface area contributed by atoms with E-state index in [1.807, 2.05) is 25.1 Å². The van der Waals surface area contributed by atoms with E-state index in [2.05, 4.69) is 5.32 Å². The molecule has 120 valence electrons. The van der Waals surface area contributed by atoms with Crippen molar-refractivity contribution in [3.63, 3.8) is 0 Å². The molecule has 0 unspecified atom stereocenters. The van der Waals surface area contributed by atoms with Crippen molar-refractivity contribution in [1.29, 1.82) is 0 Å². The van der Waals surface area contributed by atoms with Gasteiger partial charge in [-0.3, -0.25) is 4.79 Å². The van der Waals surface area contributed by atoms with Crippen LogP contribution in [0.25, 0.3) is 0 Å². The smallest absolute Gasteiger partial charge is 0.338 e. The highest BCUT2D eigenvalue weighted by Gasteiger charge is 2.11. The summed E-state index contributed by atoms with van der Waals surface area (Å²) < 4.78 is 4.96. The van der Waals surface area contributed by atoms with Crippen molar-refractivity contribution in [3.05, 3.63) is 58.6 Å². The van der Waals surface area contributed by atoms with Crippen LogP contribution in [0.4, 0.5) is 11.4 Å². The van der Waals surface area contributed by atoms with Crippen LogP contribution in [0.5, 0.6) is 0 Å². The summed E-state index contributed by atoms with van der Waals surface area (Å²) in [5, 5.41) is 3.04. The molecule has 23 heavy (non-hydrogen) atoms. The fourth-order valence-electron chi connectivity index (χ4n) is 1.95. The number of nitrogens with one attached hydrogen (secondary N) is 1. The maximum Gasteiger partial charge on any atom is 0.338 e. The van der Waals surface area contributed by atoms with Crippen LogP contribution in [0.1, 0.15) is 22.8 Å². The number of carbonyl (C=O) groups is 2. The first-order valence-corrected chi connectivity index (χ1v) is 7.48. The van der Waals surface area contributed by atoms with Crippen LogP contribution in [0.2, 0.25) is 5.02 Å². The topological polar surface area (TPSA) is 81.4 Å². The Morgan fingerprint density at radius 1 is 1.22 bits per heavy atom. The van der Waals surface area contributed by atoms with Crippen LogP contribution in [0, 0.1) is 0 Å². The monoisotopic (exact) mass is 332 g/mol. The third-order valence-electron chi connectivity index (χ3n) is 3.19. The summed E-state index contributed by atoms with van der Waals surface area (Å²) in [6, 6.07) is 11.9. The Hall–Kier alpha value is -2.53. The molecule has 0 aliphatic heterocycles. The van der Waals surface area contributed by atoms with Crippen LogP contribution >= 0.6 is 11.6 Å². The molecule has 0 fully saturated rings. The second kappa shape index (κ2) is 7.65. The third kappa shape index (κ3) is 4.72. The Balaban J connectivity index is 1.90. The summed E-state index contributed by atoms with van der Waals surface area (Å²) in [6.45, 7) is 1.65. The fraction of sp³-hybridized carbons (Fsp3) is 0.176. The molecular weight excluding hydrogens is 316 g/mol. The van der Waals surface area contributed by atoms with Crippen LogP contribution in [-0.4, -0.2) is 18.5 Å². The number of nitrogens with two attached hydrogens (primary N) is 1. The number of carbonyl (C=O) groups excluding carboxylic acids is 2. The number of halogens is 1. The highest BCUT2D eigenvalue weighted by Crippen LogP contribution is 2.20. The van der Waals surface area contributed by atoms with Crippen molar-refractivity contribution in [2.45, 2.75) is 13.3 Å². The number of esters is 1. The van der Waals surface area contributed by atoms with E-state index < -0.39 is 11.9 Å². The number of benzene rings is 2. The number of amides is 1. The molecule has 6 heteroatoms. The lowest BCUT2D eigenvalue weighted by Gasteiger charge is -2.08. The maximum absolute atomic E-state index is 11.9. The SMILES string of the molecule is CCc1cccc(NC(=O)COC(=O)c2ccc(Cl)c(N)c2)c1. The summed E-state index contributed by atoms with van der Waals surface area (Å²) in [5.41, 5.74) is 7.92. The van der Waals surface area contributed by atoms with Gasteiger partial charge in [0.2, 0.25) is 0 Å². The number of hydrogen-bond donors (Lipinski definition) is 2. The standard InChI is InChI=1S/C17H17ClN2O3/c1-2-11-4-3-5-13(8-11)20-16(21)10-23-17(22)12-6-7-14(18)15(19)9-12/h3-9H,2,10,19H2,1H3,(H,20,21). The number of anilines is 2. The van der Waals surface area contributed by atoms with E-state index in [1.165, 1.54) is 18.2 Å². The lowest BCUT2D eigenvalue weighted by Crippen LogP contribution is -2.21. The van der Waals surface area contributed by atoms with Gasteiger partial charge in [-0.2, -0.15) is 0 Å². The van der Waals surface area contributed by atoms with Crippen molar-refractivity contribution < 1.29 is 14.3 Å². The molecule has 5 nitrogen and oxygen atoms in total. The Labute approximate surface area is 139 Å². The number of rotatable bonds is 5. The average molecular weight is 333 g/mol. The Bertz CT molecular complexity index is 732. The molecule has 2 aromatic rings. The van der Waals surface area contributed by atoms with Crippen molar-refractivity contribution >= 4 is 34.9 Å². The Morgan fingerprint density at radius 2 is 2.00 bits per heavy atom. The molecule has 2 aromatic carbocycles. The predicted molar refractivity (Wildman–Crippen MR) is 90.6 cm³/mol. The van der Waals surface area contributed by atoms with Crippen molar-refractivity contribution in [2.24, 2.45) is 0 Å². The molecule has 0 aliphatic rings. The molecule has 3 N–H and O–H groups in total. The van der Waals surface area contributed by atoms with E-state index in [9.17, 15) is 9.59 Å². The van der Waals surface area contributed by atoms with E-state index in [-0.39, 0.29) is 17.9 Å². The van der Waals surface area contributed by atoms with Gasteiger partial charge in [0.15, 0.2) is 6.61 Å². The minimum Gasteiger partial charge on any atom is -0.452 e. The van der Waals surface area contributed by atoms with Gasteiger partial charge in [0, 0.05) is 5.69 Å². The second-order valence-corrected chi connectivity index (χ2v) is 5.32. The molecular formula is C17H17ClN2O3. The zero-order chi connectivity index (χ0) is 16.8. The van der Waals surface area contributed by atoms with E-state index >= 15 is 0 Å². The first kappa shape index (κ1) is 16.8.